The van der Waals surface area contributed by atoms with Gasteiger partial charge in [0.2, 0.25) is 21.8 Å². The number of sulfonamides is 1. The molecule has 11 heteroatoms. The van der Waals surface area contributed by atoms with Gasteiger partial charge in [0.15, 0.2) is 0 Å². The predicted molar refractivity (Wildman–Crippen MR) is 165 cm³/mol. The largest absolute Gasteiger partial charge is 0.354 e. The molecule has 0 saturated carbocycles. The average molecular weight is 669 g/mol. The molecule has 0 fully saturated rings. The molecule has 0 bridgehead atoms. The van der Waals surface area contributed by atoms with Crippen LogP contribution in [0.15, 0.2) is 77.3 Å². The highest BCUT2D eigenvalue weighted by molar-refractivity contribution is 9.10. The first kappa shape index (κ1) is 31.9. The molecule has 214 valence electrons. The van der Waals surface area contributed by atoms with Crippen molar-refractivity contribution >= 4 is 66.7 Å². The Morgan fingerprint density at radius 3 is 2.30 bits per heavy atom. The van der Waals surface area contributed by atoms with Crippen LogP contribution in [0, 0.1) is 0 Å². The van der Waals surface area contributed by atoms with Gasteiger partial charge in [0.1, 0.15) is 12.6 Å². The van der Waals surface area contributed by atoms with Gasteiger partial charge in [-0.2, -0.15) is 0 Å². The third-order valence-electron chi connectivity index (χ3n) is 6.22. The van der Waals surface area contributed by atoms with Gasteiger partial charge in [0.25, 0.3) is 0 Å². The van der Waals surface area contributed by atoms with E-state index in [1.54, 1.807) is 6.07 Å². The maximum atomic E-state index is 14.1. The number of amides is 2. The lowest BCUT2D eigenvalue weighted by atomic mass is 10.0. The number of carbonyl (C=O) groups is 2. The molecule has 3 rings (SSSR count). The second-order valence-electron chi connectivity index (χ2n) is 9.34. The van der Waals surface area contributed by atoms with E-state index in [1.165, 1.54) is 17.0 Å². The van der Waals surface area contributed by atoms with Crippen molar-refractivity contribution < 1.29 is 18.0 Å². The number of unbranched alkanes of at least 4 members (excludes halogenated alkanes) is 1. The Hall–Kier alpha value is -2.59. The lowest BCUT2D eigenvalue weighted by Crippen LogP contribution is -2.53. The Morgan fingerprint density at radius 1 is 0.975 bits per heavy atom. The molecule has 3 aromatic rings. The van der Waals surface area contributed by atoms with Crippen LogP contribution in [0.2, 0.25) is 10.0 Å². The van der Waals surface area contributed by atoms with E-state index in [-0.39, 0.29) is 34.6 Å². The maximum Gasteiger partial charge on any atom is 0.244 e. The van der Waals surface area contributed by atoms with Gasteiger partial charge >= 0.3 is 0 Å². The highest BCUT2D eigenvalue weighted by atomic mass is 79.9. The van der Waals surface area contributed by atoms with Crippen LogP contribution in [-0.4, -0.2) is 50.5 Å². The number of hydrogen-bond donors (Lipinski definition) is 1. The second-order valence-corrected chi connectivity index (χ2v) is 13.0. The molecule has 0 aromatic heterocycles. The van der Waals surface area contributed by atoms with E-state index < -0.39 is 28.5 Å². The number of rotatable bonds is 13. The Labute approximate surface area is 254 Å². The zero-order valence-corrected chi connectivity index (χ0v) is 26.2. The summed E-state index contributed by atoms with van der Waals surface area (Å²) in [5.41, 5.74) is 1.72. The van der Waals surface area contributed by atoms with Crippen LogP contribution in [0.1, 0.15) is 30.9 Å². The molecule has 0 aliphatic carbocycles. The molecule has 1 N–H and O–H groups in total. The lowest BCUT2D eigenvalue weighted by molar-refractivity contribution is -0.140. The normalized spacial score (nSPS) is 12.0. The third kappa shape index (κ3) is 8.96. The van der Waals surface area contributed by atoms with Crippen molar-refractivity contribution in [3.8, 4) is 0 Å². The molecule has 0 unspecified atom stereocenters. The van der Waals surface area contributed by atoms with Crippen LogP contribution in [0.25, 0.3) is 0 Å². The Balaban J connectivity index is 2.06. The molecular formula is C29H32BrCl2N3O4S. The quantitative estimate of drug-likeness (QED) is 0.224. The van der Waals surface area contributed by atoms with Gasteiger partial charge in [-0.1, -0.05) is 101 Å². The molecule has 3 aromatic carbocycles. The molecule has 1 atom stereocenters. The van der Waals surface area contributed by atoms with Crippen LogP contribution < -0.4 is 9.62 Å². The summed E-state index contributed by atoms with van der Waals surface area (Å²) in [6.07, 6.45) is 2.93. The topological polar surface area (TPSA) is 86.8 Å². The summed E-state index contributed by atoms with van der Waals surface area (Å²) >= 11 is 16.0. The van der Waals surface area contributed by atoms with Crippen molar-refractivity contribution in [3.05, 3.63) is 98.4 Å². The first-order chi connectivity index (χ1) is 19.0. The predicted octanol–water partition coefficient (Wildman–Crippen LogP) is 6.08. The van der Waals surface area contributed by atoms with E-state index in [2.05, 4.69) is 21.2 Å². The summed E-state index contributed by atoms with van der Waals surface area (Å²) < 4.78 is 27.5. The smallest absolute Gasteiger partial charge is 0.244 e. The molecule has 40 heavy (non-hydrogen) atoms. The zero-order valence-electron chi connectivity index (χ0n) is 22.3. The van der Waals surface area contributed by atoms with Gasteiger partial charge in [-0.15, -0.1) is 0 Å². The average Bonchev–Trinajstić information content (AvgIpc) is 2.91. The molecule has 0 radical (unpaired) electrons. The van der Waals surface area contributed by atoms with Crippen molar-refractivity contribution in [1.82, 2.24) is 10.2 Å². The molecule has 0 aliphatic rings. The SMILES string of the molecule is CCCCNC(=O)[C@H](Cc1ccccc1)N(Cc1cccc(Br)c1)C(=O)CN(c1cccc(Cl)c1Cl)S(C)(=O)=O. The fraction of sp³-hybridized carbons (Fsp3) is 0.310. The van der Waals surface area contributed by atoms with Crippen LogP contribution in [0.5, 0.6) is 0 Å². The standard InChI is InChI=1S/C29H32BrCl2N3O4S/c1-3-4-16-33-29(37)26(18-21-10-6-5-7-11-21)34(19-22-12-8-13-23(30)17-22)27(36)20-35(40(2,38)39)25-15-9-14-24(31)28(25)32/h5-15,17,26H,3-4,16,18-20H2,1-2H3,(H,33,37)/t26-/m0/s1. The van der Waals surface area contributed by atoms with Gasteiger partial charge in [-0.25, -0.2) is 8.42 Å². The van der Waals surface area contributed by atoms with Gasteiger partial charge in [-0.3, -0.25) is 13.9 Å². The maximum absolute atomic E-state index is 14.1. The van der Waals surface area contributed by atoms with E-state index in [9.17, 15) is 18.0 Å². The minimum Gasteiger partial charge on any atom is -0.354 e. The van der Waals surface area contributed by atoms with Crippen molar-refractivity contribution in [2.75, 3.05) is 23.7 Å². The zero-order chi connectivity index (χ0) is 29.3. The highest BCUT2D eigenvalue weighted by Gasteiger charge is 2.33. The number of carbonyl (C=O) groups excluding carboxylic acids is 2. The lowest BCUT2D eigenvalue weighted by Gasteiger charge is -2.33. The number of halogens is 3. The molecule has 0 heterocycles. The highest BCUT2D eigenvalue weighted by Crippen LogP contribution is 2.34. The molecule has 0 spiro atoms. The fourth-order valence-corrected chi connectivity index (χ4v) is 5.92. The van der Waals surface area contributed by atoms with Gasteiger partial charge in [0, 0.05) is 24.0 Å². The number of nitrogens with zero attached hydrogens (tertiary/aromatic N) is 2. The van der Waals surface area contributed by atoms with Gasteiger partial charge < -0.3 is 10.2 Å². The minimum absolute atomic E-state index is 0.0130. The number of nitrogens with one attached hydrogen (secondary N) is 1. The fourth-order valence-electron chi connectivity index (χ4n) is 4.17. The first-order valence-corrected chi connectivity index (χ1v) is 16.2. The van der Waals surface area contributed by atoms with Crippen molar-refractivity contribution in [2.24, 2.45) is 0 Å². The number of anilines is 1. The third-order valence-corrected chi connectivity index (χ3v) is 8.65. The Bertz CT molecular complexity index is 1420. The van der Waals surface area contributed by atoms with Crippen LogP contribution in [-0.2, 0) is 32.6 Å². The van der Waals surface area contributed by atoms with E-state index in [1.807, 2.05) is 61.5 Å². The Kier molecular flexibility index (Phi) is 11.9. The van der Waals surface area contributed by atoms with Gasteiger partial charge in [0.05, 0.1) is 22.0 Å². The summed E-state index contributed by atoms with van der Waals surface area (Å²) in [6, 6.07) is 20.5. The molecule has 2 amide bonds. The molecular weight excluding hydrogens is 637 g/mol. The van der Waals surface area contributed by atoms with Crippen molar-refractivity contribution in [1.29, 1.82) is 0 Å². The summed E-state index contributed by atoms with van der Waals surface area (Å²) in [5.74, 6) is -0.875. The monoisotopic (exact) mass is 667 g/mol. The Morgan fingerprint density at radius 2 is 1.65 bits per heavy atom. The summed E-state index contributed by atoms with van der Waals surface area (Å²) in [6.45, 7) is 2.00. The summed E-state index contributed by atoms with van der Waals surface area (Å²) in [4.78, 5) is 29.1. The molecule has 7 nitrogen and oxygen atoms in total. The number of hydrogen-bond acceptors (Lipinski definition) is 4. The summed E-state index contributed by atoms with van der Waals surface area (Å²) in [7, 11) is -3.95. The van der Waals surface area contributed by atoms with E-state index in [0.717, 1.165) is 39.0 Å². The van der Waals surface area contributed by atoms with Crippen LogP contribution in [0.4, 0.5) is 5.69 Å². The van der Waals surface area contributed by atoms with Crippen LogP contribution >= 0.6 is 39.1 Å². The van der Waals surface area contributed by atoms with E-state index in [4.69, 9.17) is 23.2 Å². The second kappa shape index (κ2) is 14.9. The van der Waals surface area contributed by atoms with E-state index >= 15 is 0 Å². The van der Waals surface area contributed by atoms with Crippen LogP contribution in [0.3, 0.4) is 0 Å². The van der Waals surface area contributed by atoms with Gasteiger partial charge in [-0.05, 0) is 41.8 Å². The van der Waals surface area contributed by atoms with Crippen molar-refractivity contribution in [2.45, 2.75) is 38.8 Å². The van der Waals surface area contributed by atoms with E-state index in [0.29, 0.717) is 6.54 Å². The first-order valence-electron chi connectivity index (χ1n) is 12.8. The summed E-state index contributed by atoms with van der Waals surface area (Å²) in [5, 5.41) is 3.12. The van der Waals surface area contributed by atoms with Crippen molar-refractivity contribution in [3.63, 3.8) is 0 Å². The number of benzene rings is 3. The molecule has 0 saturated heterocycles. The molecule has 0 aliphatic heterocycles. The minimum atomic E-state index is -3.95.